The first kappa shape index (κ1) is 22.3. The van der Waals surface area contributed by atoms with Crippen molar-refractivity contribution in [2.75, 3.05) is 26.2 Å². The third-order valence-corrected chi connectivity index (χ3v) is 5.93. The van der Waals surface area contributed by atoms with E-state index in [1.807, 2.05) is 42.2 Å². The Kier molecular flexibility index (Phi) is 6.48. The summed E-state index contributed by atoms with van der Waals surface area (Å²) in [5.74, 6) is 1.74. The van der Waals surface area contributed by atoms with Crippen LogP contribution < -0.4 is 4.74 Å². The summed E-state index contributed by atoms with van der Waals surface area (Å²) in [6.07, 6.45) is 0. The molecule has 0 spiro atoms. The van der Waals surface area contributed by atoms with E-state index in [1.54, 1.807) is 38.1 Å². The van der Waals surface area contributed by atoms with Gasteiger partial charge in [-0.3, -0.25) is 9.69 Å². The fraction of sp³-hybridized carbons (Fsp3) is 0.375. The van der Waals surface area contributed by atoms with Gasteiger partial charge in [0, 0.05) is 36.8 Å². The molecule has 8 heteroatoms. The third-order valence-electron chi connectivity index (χ3n) is 5.68. The SMILES string of the molecule is CC(c1nc(-c2ccccc2)no1)N1CCN(C(=O)C(C)(C)Oc2ccc(Cl)cc2)CC1. The monoisotopic (exact) mass is 454 g/mol. The molecule has 1 aliphatic heterocycles. The molecule has 0 N–H and O–H groups in total. The maximum absolute atomic E-state index is 13.1. The second-order valence-corrected chi connectivity index (χ2v) is 8.83. The highest BCUT2D eigenvalue weighted by atomic mass is 35.5. The largest absolute Gasteiger partial charge is 0.478 e. The van der Waals surface area contributed by atoms with Gasteiger partial charge in [-0.15, -0.1) is 0 Å². The first-order chi connectivity index (χ1) is 15.3. The van der Waals surface area contributed by atoms with Crippen LogP contribution in [0.4, 0.5) is 0 Å². The van der Waals surface area contributed by atoms with Crippen molar-refractivity contribution in [2.24, 2.45) is 0 Å². The highest BCUT2D eigenvalue weighted by molar-refractivity contribution is 6.30. The maximum atomic E-state index is 13.1. The van der Waals surface area contributed by atoms with Gasteiger partial charge in [-0.1, -0.05) is 47.1 Å². The van der Waals surface area contributed by atoms with Crippen molar-refractivity contribution in [3.8, 4) is 17.1 Å². The number of halogens is 1. The van der Waals surface area contributed by atoms with Gasteiger partial charge in [-0.05, 0) is 45.0 Å². The molecule has 1 aliphatic rings. The van der Waals surface area contributed by atoms with Gasteiger partial charge < -0.3 is 14.2 Å². The van der Waals surface area contributed by atoms with E-state index in [-0.39, 0.29) is 11.9 Å². The Balaban J connectivity index is 1.34. The lowest BCUT2D eigenvalue weighted by atomic mass is 10.1. The Hall–Kier alpha value is -2.90. The van der Waals surface area contributed by atoms with Crippen LogP contribution in [0.1, 0.15) is 32.7 Å². The molecule has 168 valence electrons. The summed E-state index contributed by atoms with van der Waals surface area (Å²) >= 11 is 5.93. The highest BCUT2D eigenvalue weighted by Gasteiger charge is 2.36. The van der Waals surface area contributed by atoms with Gasteiger partial charge in [-0.2, -0.15) is 4.98 Å². The smallest absolute Gasteiger partial charge is 0.266 e. The molecule has 7 nitrogen and oxygen atoms in total. The molecule has 0 radical (unpaired) electrons. The molecular weight excluding hydrogens is 428 g/mol. The van der Waals surface area contributed by atoms with Crippen LogP contribution in [-0.2, 0) is 4.79 Å². The topological polar surface area (TPSA) is 71.7 Å². The molecule has 0 bridgehead atoms. The molecule has 2 heterocycles. The Labute approximate surface area is 192 Å². The molecule has 1 fully saturated rings. The first-order valence-electron chi connectivity index (χ1n) is 10.7. The lowest BCUT2D eigenvalue weighted by Gasteiger charge is -2.39. The van der Waals surface area contributed by atoms with E-state index in [1.165, 1.54) is 0 Å². The summed E-state index contributed by atoms with van der Waals surface area (Å²) in [4.78, 5) is 21.8. The van der Waals surface area contributed by atoms with Crippen molar-refractivity contribution in [3.05, 3.63) is 65.5 Å². The van der Waals surface area contributed by atoms with Crippen molar-refractivity contribution in [2.45, 2.75) is 32.4 Å². The lowest BCUT2D eigenvalue weighted by Crippen LogP contribution is -2.56. The first-order valence-corrected chi connectivity index (χ1v) is 11.1. The third kappa shape index (κ3) is 4.95. The quantitative estimate of drug-likeness (QED) is 0.547. The van der Waals surface area contributed by atoms with Crippen LogP contribution in [0.3, 0.4) is 0 Å². The number of nitrogens with zero attached hydrogens (tertiary/aromatic N) is 4. The van der Waals surface area contributed by atoms with E-state index in [4.69, 9.17) is 20.9 Å². The number of carbonyl (C=O) groups excluding carboxylic acids is 1. The Morgan fingerprint density at radius 3 is 2.38 bits per heavy atom. The second-order valence-electron chi connectivity index (χ2n) is 8.39. The lowest BCUT2D eigenvalue weighted by molar-refractivity contribution is -0.147. The number of hydrogen-bond donors (Lipinski definition) is 0. The summed E-state index contributed by atoms with van der Waals surface area (Å²) in [6, 6.07) is 16.8. The van der Waals surface area contributed by atoms with E-state index >= 15 is 0 Å². The van der Waals surface area contributed by atoms with Crippen molar-refractivity contribution in [1.29, 1.82) is 0 Å². The van der Waals surface area contributed by atoms with Gasteiger partial charge in [0.05, 0.1) is 6.04 Å². The van der Waals surface area contributed by atoms with Crippen molar-refractivity contribution >= 4 is 17.5 Å². The maximum Gasteiger partial charge on any atom is 0.266 e. The second kappa shape index (κ2) is 9.30. The minimum atomic E-state index is -0.974. The van der Waals surface area contributed by atoms with Gasteiger partial charge in [-0.25, -0.2) is 0 Å². The normalized spacial score (nSPS) is 16.1. The minimum Gasteiger partial charge on any atom is -0.478 e. The predicted octanol–water partition coefficient (Wildman–Crippen LogP) is 4.45. The van der Waals surface area contributed by atoms with Gasteiger partial charge in [0.1, 0.15) is 5.75 Å². The average Bonchev–Trinajstić information content (AvgIpc) is 3.30. The predicted molar refractivity (Wildman–Crippen MR) is 122 cm³/mol. The van der Waals surface area contributed by atoms with Gasteiger partial charge in [0.2, 0.25) is 11.7 Å². The summed E-state index contributed by atoms with van der Waals surface area (Å²) in [7, 11) is 0. The van der Waals surface area contributed by atoms with Crippen LogP contribution in [0, 0.1) is 0 Å². The summed E-state index contributed by atoms with van der Waals surface area (Å²) in [5.41, 5.74) is -0.0494. The van der Waals surface area contributed by atoms with Crippen molar-refractivity contribution in [3.63, 3.8) is 0 Å². The number of aromatic nitrogens is 2. The van der Waals surface area contributed by atoms with E-state index < -0.39 is 5.60 Å². The Morgan fingerprint density at radius 1 is 1.06 bits per heavy atom. The van der Waals surface area contributed by atoms with Crippen LogP contribution in [0.2, 0.25) is 5.02 Å². The summed E-state index contributed by atoms with van der Waals surface area (Å²) in [5, 5.41) is 4.75. The van der Waals surface area contributed by atoms with Crippen LogP contribution >= 0.6 is 11.6 Å². The number of ether oxygens (including phenoxy) is 1. The van der Waals surface area contributed by atoms with Gasteiger partial charge >= 0.3 is 0 Å². The fourth-order valence-electron chi connectivity index (χ4n) is 3.80. The molecule has 1 aromatic heterocycles. The molecule has 1 amide bonds. The van der Waals surface area contributed by atoms with Crippen molar-refractivity contribution < 1.29 is 14.1 Å². The molecule has 1 saturated heterocycles. The molecule has 2 aromatic carbocycles. The van der Waals surface area contributed by atoms with E-state index in [0.717, 1.165) is 5.56 Å². The van der Waals surface area contributed by atoms with Crippen LogP contribution in [0.15, 0.2) is 59.1 Å². The average molecular weight is 455 g/mol. The van der Waals surface area contributed by atoms with Crippen molar-refractivity contribution in [1.82, 2.24) is 19.9 Å². The standard InChI is InChI=1S/C24H27ClN4O3/c1-17(22-26-21(27-32-22)18-7-5-4-6-8-18)28-13-15-29(16-14-28)23(30)24(2,3)31-20-11-9-19(25)10-12-20/h4-12,17H,13-16H2,1-3H3. The number of piperazine rings is 1. The fourth-order valence-corrected chi connectivity index (χ4v) is 3.93. The zero-order valence-corrected chi connectivity index (χ0v) is 19.2. The van der Waals surface area contributed by atoms with Gasteiger partial charge in [0.15, 0.2) is 5.60 Å². The zero-order valence-electron chi connectivity index (χ0n) is 18.5. The molecule has 0 saturated carbocycles. The molecule has 0 aliphatic carbocycles. The minimum absolute atomic E-state index is 0.0319. The number of rotatable bonds is 6. The highest BCUT2D eigenvalue weighted by Crippen LogP contribution is 2.26. The summed E-state index contributed by atoms with van der Waals surface area (Å²) in [6.45, 7) is 8.28. The molecule has 1 unspecified atom stereocenters. The van der Waals surface area contributed by atoms with E-state index in [2.05, 4.69) is 15.0 Å². The van der Waals surface area contributed by atoms with Crippen LogP contribution in [0.5, 0.6) is 5.75 Å². The number of amides is 1. The van der Waals surface area contributed by atoms with E-state index in [9.17, 15) is 4.79 Å². The number of hydrogen-bond acceptors (Lipinski definition) is 6. The number of carbonyl (C=O) groups is 1. The molecule has 4 rings (SSSR count). The van der Waals surface area contributed by atoms with Crippen LogP contribution in [-0.4, -0.2) is 57.6 Å². The molecule has 1 atom stereocenters. The summed E-state index contributed by atoms with van der Waals surface area (Å²) < 4.78 is 11.5. The zero-order chi connectivity index (χ0) is 22.7. The molecular formula is C24H27ClN4O3. The molecule has 32 heavy (non-hydrogen) atoms. The Morgan fingerprint density at radius 2 is 1.72 bits per heavy atom. The van der Waals surface area contributed by atoms with Gasteiger partial charge in [0.25, 0.3) is 5.91 Å². The molecule has 3 aromatic rings. The Bertz CT molecular complexity index is 1040. The van der Waals surface area contributed by atoms with Crippen LogP contribution in [0.25, 0.3) is 11.4 Å². The number of benzene rings is 2. The van der Waals surface area contributed by atoms with E-state index in [0.29, 0.717) is 48.7 Å².